The van der Waals surface area contributed by atoms with Crippen LogP contribution >= 0.6 is 0 Å². The monoisotopic (exact) mass is 328 g/mol. The molecule has 1 N–H and O–H groups in total. The number of rotatable bonds is 6. The van der Waals surface area contributed by atoms with E-state index in [2.05, 4.69) is 25.2 Å². The Labute approximate surface area is 141 Å². The first-order valence-corrected chi connectivity index (χ1v) is 8.58. The Balaban J connectivity index is 1.41. The zero-order chi connectivity index (χ0) is 16.8. The van der Waals surface area contributed by atoms with Crippen LogP contribution in [0.4, 0.5) is 0 Å². The summed E-state index contributed by atoms with van der Waals surface area (Å²) in [5, 5.41) is 15.6. The molecule has 3 heterocycles. The third-order valence-electron chi connectivity index (χ3n) is 4.21. The molecule has 1 amide bonds. The molecule has 0 atom stereocenters. The van der Waals surface area contributed by atoms with Crippen molar-refractivity contribution < 1.29 is 4.79 Å². The SMILES string of the molecule is Cn1cc(/C=C\C(=O)NCCCc2nnc3n2CCCCC3)cn1. The van der Waals surface area contributed by atoms with E-state index >= 15 is 0 Å². The Bertz CT molecular complexity index is 714. The molecule has 0 saturated heterocycles. The highest BCUT2D eigenvalue weighted by atomic mass is 16.1. The second-order valence-corrected chi connectivity index (χ2v) is 6.17. The molecule has 0 fully saturated rings. The van der Waals surface area contributed by atoms with Crippen LogP contribution in [0.3, 0.4) is 0 Å². The molecule has 0 aliphatic carbocycles. The number of nitrogens with zero attached hydrogens (tertiary/aromatic N) is 5. The first-order valence-electron chi connectivity index (χ1n) is 8.58. The third kappa shape index (κ3) is 4.31. The van der Waals surface area contributed by atoms with E-state index in [1.54, 1.807) is 23.0 Å². The van der Waals surface area contributed by atoms with Crippen molar-refractivity contribution in [2.24, 2.45) is 7.05 Å². The van der Waals surface area contributed by atoms with Gasteiger partial charge in [0, 0.05) is 50.8 Å². The zero-order valence-electron chi connectivity index (χ0n) is 14.1. The molecule has 0 bridgehead atoms. The molecule has 3 rings (SSSR count). The standard InChI is InChI=1S/C17H24N6O/c1-22-13-14(12-19-22)8-9-17(24)18-10-5-7-16-21-20-15-6-3-2-4-11-23(15)16/h8-9,12-13H,2-7,10-11H2,1H3,(H,18,24)/b9-8-. The van der Waals surface area contributed by atoms with E-state index in [0.29, 0.717) is 6.54 Å². The van der Waals surface area contributed by atoms with Gasteiger partial charge < -0.3 is 9.88 Å². The van der Waals surface area contributed by atoms with Crippen molar-refractivity contribution in [2.75, 3.05) is 6.54 Å². The van der Waals surface area contributed by atoms with Crippen molar-refractivity contribution in [3.05, 3.63) is 35.7 Å². The number of aromatic nitrogens is 5. The summed E-state index contributed by atoms with van der Waals surface area (Å²) in [6, 6.07) is 0. The number of nitrogens with one attached hydrogen (secondary N) is 1. The van der Waals surface area contributed by atoms with Gasteiger partial charge in [0.15, 0.2) is 0 Å². The smallest absolute Gasteiger partial charge is 0.244 e. The molecule has 0 saturated carbocycles. The van der Waals surface area contributed by atoms with Crippen molar-refractivity contribution in [3.8, 4) is 0 Å². The predicted octanol–water partition coefficient (Wildman–Crippen LogP) is 1.50. The quantitative estimate of drug-likeness (QED) is 0.644. The fourth-order valence-corrected chi connectivity index (χ4v) is 2.95. The molecule has 0 aromatic carbocycles. The average Bonchev–Trinajstić information content (AvgIpc) is 3.08. The van der Waals surface area contributed by atoms with Crippen molar-refractivity contribution in [1.29, 1.82) is 0 Å². The second-order valence-electron chi connectivity index (χ2n) is 6.17. The lowest BCUT2D eigenvalue weighted by molar-refractivity contribution is -0.116. The Morgan fingerprint density at radius 2 is 2.25 bits per heavy atom. The van der Waals surface area contributed by atoms with Gasteiger partial charge in [-0.3, -0.25) is 9.48 Å². The maximum atomic E-state index is 11.8. The van der Waals surface area contributed by atoms with Gasteiger partial charge >= 0.3 is 0 Å². The van der Waals surface area contributed by atoms with E-state index < -0.39 is 0 Å². The molecular weight excluding hydrogens is 304 g/mol. The van der Waals surface area contributed by atoms with Crippen LogP contribution in [0.1, 0.15) is 42.9 Å². The van der Waals surface area contributed by atoms with Crippen molar-refractivity contribution in [1.82, 2.24) is 29.9 Å². The summed E-state index contributed by atoms with van der Waals surface area (Å²) in [4.78, 5) is 11.8. The van der Waals surface area contributed by atoms with Crippen molar-refractivity contribution in [2.45, 2.75) is 45.1 Å². The summed E-state index contributed by atoms with van der Waals surface area (Å²) in [5.41, 5.74) is 0.916. The fourth-order valence-electron chi connectivity index (χ4n) is 2.95. The highest BCUT2D eigenvalue weighted by Crippen LogP contribution is 2.15. The van der Waals surface area contributed by atoms with Crippen LogP contribution in [0.5, 0.6) is 0 Å². The van der Waals surface area contributed by atoms with Gasteiger partial charge in [-0.1, -0.05) is 6.42 Å². The van der Waals surface area contributed by atoms with Crippen LogP contribution < -0.4 is 5.32 Å². The number of hydrogen-bond donors (Lipinski definition) is 1. The first kappa shape index (κ1) is 16.4. The lowest BCUT2D eigenvalue weighted by Gasteiger charge is -2.07. The Morgan fingerprint density at radius 1 is 1.33 bits per heavy atom. The number of fused-ring (bicyclic) bond motifs is 1. The zero-order valence-corrected chi connectivity index (χ0v) is 14.1. The third-order valence-corrected chi connectivity index (χ3v) is 4.21. The lowest BCUT2D eigenvalue weighted by Crippen LogP contribution is -2.22. The average molecular weight is 328 g/mol. The molecule has 0 unspecified atom stereocenters. The largest absolute Gasteiger partial charge is 0.353 e. The summed E-state index contributed by atoms with van der Waals surface area (Å²) in [6.07, 6.45) is 13.3. The maximum absolute atomic E-state index is 11.8. The number of aryl methyl sites for hydroxylation is 3. The minimum absolute atomic E-state index is 0.0843. The van der Waals surface area contributed by atoms with Crippen LogP contribution in [0, 0.1) is 0 Å². The van der Waals surface area contributed by atoms with E-state index in [-0.39, 0.29) is 5.91 Å². The summed E-state index contributed by atoms with van der Waals surface area (Å²) < 4.78 is 3.97. The van der Waals surface area contributed by atoms with Gasteiger partial charge in [0.1, 0.15) is 11.6 Å². The molecule has 128 valence electrons. The van der Waals surface area contributed by atoms with Gasteiger partial charge in [-0.05, 0) is 25.3 Å². The molecule has 0 spiro atoms. The minimum Gasteiger partial charge on any atom is -0.353 e. The molecule has 1 aliphatic heterocycles. The molecule has 7 nitrogen and oxygen atoms in total. The fraction of sp³-hybridized carbons (Fsp3) is 0.529. The molecule has 1 aliphatic rings. The Kier molecular flexibility index (Phi) is 5.40. The van der Waals surface area contributed by atoms with E-state index in [0.717, 1.165) is 43.0 Å². The van der Waals surface area contributed by atoms with Crippen molar-refractivity contribution >= 4 is 12.0 Å². The minimum atomic E-state index is -0.0843. The van der Waals surface area contributed by atoms with E-state index in [4.69, 9.17) is 0 Å². The normalized spacial score (nSPS) is 14.5. The molecular formula is C17H24N6O. The Hall–Kier alpha value is -2.44. The first-order chi connectivity index (χ1) is 11.7. The highest BCUT2D eigenvalue weighted by molar-refractivity contribution is 5.91. The van der Waals surface area contributed by atoms with Crippen LogP contribution in [0.25, 0.3) is 6.08 Å². The summed E-state index contributed by atoms with van der Waals surface area (Å²) in [5.74, 6) is 2.08. The lowest BCUT2D eigenvalue weighted by atomic mass is 10.2. The molecule has 24 heavy (non-hydrogen) atoms. The number of carbonyl (C=O) groups excluding carboxylic acids is 1. The van der Waals surface area contributed by atoms with Crippen molar-refractivity contribution in [3.63, 3.8) is 0 Å². The van der Waals surface area contributed by atoms with Gasteiger partial charge in [0.2, 0.25) is 5.91 Å². The van der Waals surface area contributed by atoms with Gasteiger partial charge in [0.05, 0.1) is 6.20 Å². The number of amides is 1. The van der Waals surface area contributed by atoms with Gasteiger partial charge in [-0.15, -0.1) is 10.2 Å². The molecule has 2 aromatic rings. The van der Waals surface area contributed by atoms with Gasteiger partial charge in [0.25, 0.3) is 0 Å². The van der Waals surface area contributed by atoms with Crippen LogP contribution in [-0.2, 0) is 31.2 Å². The summed E-state index contributed by atoms with van der Waals surface area (Å²) in [7, 11) is 1.85. The van der Waals surface area contributed by atoms with E-state index in [1.807, 2.05) is 13.2 Å². The van der Waals surface area contributed by atoms with Gasteiger partial charge in [-0.25, -0.2) is 0 Å². The second kappa shape index (κ2) is 7.90. The summed E-state index contributed by atoms with van der Waals surface area (Å²) in [6.45, 7) is 1.66. The van der Waals surface area contributed by atoms with E-state index in [9.17, 15) is 4.79 Å². The Morgan fingerprint density at radius 3 is 3.08 bits per heavy atom. The number of hydrogen-bond acceptors (Lipinski definition) is 4. The van der Waals surface area contributed by atoms with Gasteiger partial charge in [-0.2, -0.15) is 5.10 Å². The van der Waals surface area contributed by atoms with Crippen LogP contribution in [0.15, 0.2) is 18.5 Å². The number of carbonyl (C=O) groups is 1. The molecule has 2 aromatic heterocycles. The molecule has 0 radical (unpaired) electrons. The summed E-state index contributed by atoms with van der Waals surface area (Å²) >= 11 is 0. The molecule has 7 heteroatoms. The van der Waals surface area contributed by atoms with E-state index in [1.165, 1.54) is 19.3 Å². The predicted molar refractivity (Wildman–Crippen MR) is 91.1 cm³/mol. The topological polar surface area (TPSA) is 77.6 Å². The van der Waals surface area contributed by atoms with Crippen LogP contribution in [-0.4, -0.2) is 37.0 Å². The highest BCUT2D eigenvalue weighted by Gasteiger charge is 2.14. The van der Waals surface area contributed by atoms with Crippen LogP contribution in [0.2, 0.25) is 0 Å². The maximum Gasteiger partial charge on any atom is 0.244 e.